The van der Waals surface area contributed by atoms with Crippen LogP contribution in [0.3, 0.4) is 0 Å². The summed E-state index contributed by atoms with van der Waals surface area (Å²) in [7, 11) is 0. The predicted molar refractivity (Wildman–Crippen MR) is 105 cm³/mol. The highest BCUT2D eigenvalue weighted by atomic mass is 32.1. The first kappa shape index (κ1) is 19.6. The molecule has 0 atom stereocenters. The Hall–Kier alpha value is -2.68. The summed E-state index contributed by atoms with van der Waals surface area (Å²) in [5, 5.41) is 11.5. The normalized spacial score (nSPS) is 15.5. The van der Waals surface area contributed by atoms with Gasteiger partial charge in [-0.15, -0.1) is 21.5 Å². The van der Waals surface area contributed by atoms with Crippen molar-refractivity contribution < 1.29 is 17.9 Å². The van der Waals surface area contributed by atoms with Gasteiger partial charge in [0.1, 0.15) is 23.2 Å². The molecule has 0 N–H and O–H groups in total. The van der Waals surface area contributed by atoms with E-state index in [-0.39, 0.29) is 11.9 Å². The number of aromatic nitrogens is 3. The van der Waals surface area contributed by atoms with Gasteiger partial charge < -0.3 is 9.64 Å². The first-order chi connectivity index (χ1) is 13.9. The number of rotatable bonds is 4. The monoisotopic (exact) mass is 420 g/mol. The smallest absolute Gasteiger partial charge is 0.419 e. The van der Waals surface area contributed by atoms with E-state index in [1.807, 2.05) is 24.4 Å². The number of para-hydroxylation sites is 1. The minimum Gasteiger partial charge on any atom is -0.490 e. The van der Waals surface area contributed by atoms with E-state index in [0.717, 1.165) is 28.3 Å². The molecule has 4 rings (SSSR count). The number of aryl methyl sites for hydroxylation is 1. The largest absolute Gasteiger partial charge is 0.490 e. The van der Waals surface area contributed by atoms with Crippen LogP contribution in [-0.2, 0) is 6.18 Å². The van der Waals surface area contributed by atoms with E-state index >= 15 is 0 Å². The maximum atomic E-state index is 13.1. The van der Waals surface area contributed by atoms with Crippen LogP contribution < -0.4 is 9.64 Å². The van der Waals surface area contributed by atoms with Crippen LogP contribution in [0.1, 0.15) is 23.4 Å². The molecule has 5 nitrogen and oxygen atoms in total. The van der Waals surface area contributed by atoms with Crippen molar-refractivity contribution in [2.24, 2.45) is 0 Å². The summed E-state index contributed by atoms with van der Waals surface area (Å²) in [6.45, 7) is 3.22. The van der Waals surface area contributed by atoms with E-state index in [4.69, 9.17) is 4.74 Å². The molecule has 29 heavy (non-hydrogen) atoms. The van der Waals surface area contributed by atoms with Crippen LogP contribution in [0.2, 0.25) is 0 Å². The Morgan fingerprint density at radius 2 is 1.79 bits per heavy atom. The number of piperidine rings is 1. The average Bonchev–Trinajstić information content (AvgIpc) is 3.15. The zero-order valence-electron chi connectivity index (χ0n) is 15.7. The molecule has 1 saturated heterocycles. The molecule has 0 amide bonds. The van der Waals surface area contributed by atoms with E-state index in [9.17, 15) is 13.2 Å². The van der Waals surface area contributed by atoms with Crippen LogP contribution in [0, 0.1) is 6.92 Å². The lowest BCUT2D eigenvalue weighted by Gasteiger charge is -2.33. The Morgan fingerprint density at radius 1 is 1.03 bits per heavy atom. The van der Waals surface area contributed by atoms with Crippen LogP contribution in [-0.4, -0.2) is 34.4 Å². The van der Waals surface area contributed by atoms with E-state index in [1.54, 1.807) is 17.4 Å². The summed E-state index contributed by atoms with van der Waals surface area (Å²) in [5.41, 5.74) is 0.795. The van der Waals surface area contributed by atoms with Crippen LogP contribution in [0.5, 0.6) is 5.75 Å². The lowest BCUT2D eigenvalue weighted by molar-refractivity contribution is -0.139. The third-order valence-corrected chi connectivity index (χ3v) is 5.56. The molecule has 0 aliphatic carbocycles. The highest BCUT2D eigenvalue weighted by Gasteiger charge is 2.35. The molecule has 2 aromatic heterocycles. The molecule has 1 aliphatic rings. The van der Waals surface area contributed by atoms with Gasteiger partial charge in [0.15, 0.2) is 5.82 Å². The number of benzene rings is 1. The zero-order chi connectivity index (χ0) is 20.4. The average molecular weight is 420 g/mol. The Labute approximate surface area is 170 Å². The lowest BCUT2D eigenvalue weighted by atomic mass is 10.1. The molecule has 0 radical (unpaired) electrons. The standard InChI is InChI=1S/C20H19F3N4OS/c1-13-24-17(12-29-13)16-6-7-19(26-25-16)27-10-8-14(9-11-27)28-18-5-3-2-4-15(18)20(21,22)23/h2-7,12,14H,8-11H2,1H3. The van der Waals surface area contributed by atoms with Crippen molar-refractivity contribution in [3.05, 3.63) is 52.3 Å². The third-order valence-electron chi connectivity index (χ3n) is 4.78. The molecule has 0 unspecified atom stereocenters. The second-order valence-electron chi connectivity index (χ2n) is 6.83. The van der Waals surface area contributed by atoms with Crippen LogP contribution in [0.4, 0.5) is 19.0 Å². The maximum absolute atomic E-state index is 13.1. The molecule has 1 fully saturated rings. The molecule has 152 valence electrons. The second kappa shape index (κ2) is 7.98. The number of anilines is 1. The van der Waals surface area contributed by atoms with Crippen molar-refractivity contribution in [2.75, 3.05) is 18.0 Å². The van der Waals surface area contributed by atoms with Gasteiger partial charge in [-0.05, 0) is 31.2 Å². The quantitative estimate of drug-likeness (QED) is 0.596. The van der Waals surface area contributed by atoms with Gasteiger partial charge in [0.2, 0.25) is 0 Å². The topological polar surface area (TPSA) is 51.1 Å². The number of hydrogen-bond donors (Lipinski definition) is 0. The highest BCUT2D eigenvalue weighted by Crippen LogP contribution is 2.37. The van der Waals surface area contributed by atoms with Gasteiger partial charge in [0.25, 0.3) is 0 Å². The minimum atomic E-state index is -4.43. The molecular weight excluding hydrogens is 401 g/mol. The fraction of sp³-hybridized carbons (Fsp3) is 0.350. The van der Waals surface area contributed by atoms with Crippen LogP contribution in [0.25, 0.3) is 11.4 Å². The first-order valence-corrected chi connectivity index (χ1v) is 10.1. The van der Waals surface area contributed by atoms with Gasteiger partial charge in [-0.3, -0.25) is 0 Å². The van der Waals surface area contributed by atoms with E-state index < -0.39 is 11.7 Å². The molecule has 0 spiro atoms. The van der Waals surface area contributed by atoms with Crippen molar-refractivity contribution >= 4 is 17.2 Å². The third kappa shape index (κ3) is 4.50. The van der Waals surface area contributed by atoms with Crippen molar-refractivity contribution in [3.63, 3.8) is 0 Å². The summed E-state index contributed by atoms with van der Waals surface area (Å²) >= 11 is 1.56. The summed E-state index contributed by atoms with van der Waals surface area (Å²) in [6, 6.07) is 9.13. The number of hydrogen-bond acceptors (Lipinski definition) is 6. The van der Waals surface area contributed by atoms with Crippen LogP contribution in [0.15, 0.2) is 41.8 Å². The van der Waals surface area contributed by atoms with Gasteiger partial charge >= 0.3 is 6.18 Å². The lowest BCUT2D eigenvalue weighted by Crippen LogP contribution is -2.39. The molecule has 1 aliphatic heterocycles. The number of thiazole rings is 1. The van der Waals surface area contributed by atoms with E-state index in [0.29, 0.717) is 25.9 Å². The van der Waals surface area contributed by atoms with E-state index in [1.165, 1.54) is 12.1 Å². The summed E-state index contributed by atoms with van der Waals surface area (Å²) in [5.74, 6) is 0.635. The van der Waals surface area contributed by atoms with Crippen molar-refractivity contribution in [2.45, 2.75) is 32.0 Å². The number of halogens is 3. The molecule has 3 heterocycles. The second-order valence-corrected chi connectivity index (χ2v) is 7.89. The van der Waals surface area contributed by atoms with Gasteiger partial charge in [-0.2, -0.15) is 13.2 Å². The number of ether oxygens (including phenoxy) is 1. The summed E-state index contributed by atoms with van der Waals surface area (Å²) in [4.78, 5) is 6.47. The van der Waals surface area contributed by atoms with Crippen molar-refractivity contribution in [1.29, 1.82) is 0 Å². The SMILES string of the molecule is Cc1nc(-c2ccc(N3CCC(Oc4ccccc4C(F)(F)F)CC3)nn2)cs1. The Balaban J connectivity index is 1.38. The van der Waals surface area contributed by atoms with Crippen molar-refractivity contribution in [1.82, 2.24) is 15.2 Å². The molecule has 0 bridgehead atoms. The number of nitrogens with zero attached hydrogens (tertiary/aromatic N) is 4. The van der Waals surface area contributed by atoms with Crippen LogP contribution >= 0.6 is 11.3 Å². The zero-order valence-corrected chi connectivity index (χ0v) is 16.5. The van der Waals surface area contributed by atoms with Crippen molar-refractivity contribution in [3.8, 4) is 17.1 Å². The first-order valence-electron chi connectivity index (χ1n) is 9.24. The fourth-order valence-electron chi connectivity index (χ4n) is 3.30. The van der Waals surface area contributed by atoms with Gasteiger partial charge in [0.05, 0.1) is 10.6 Å². The van der Waals surface area contributed by atoms with E-state index in [2.05, 4.69) is 20.1 Å². The highest BCUT2D eigenvalue weighted by molar-refractivity contribution is 7.09. The summed E-state index contributed by atoms with van der Waals surface area (Å²) in [6.07, 6.45) is -3.47. The molecule has 3 aromatic rings. The minimum absolute atomic E-state index is 0.110. The number of alkyl halides is 3. The Bertz CT molecular complexity index is 966. The van der Waals surface area contributed by atoms with Gasteiger partial charge in [0, 0.05) is 31.3 Å². The fourth-order valence-corrected chi connectivity index (χ4v) is 3.90. The van der Waals surface area contributed by atoms with Gasteiger partial charge in [-0.1, -0.05) is 12.1 Å². The Kier molecular flexibility index (Phi) is 5.40. The predicted octanol–water partition coefficient (Wildman–Crippen LogP) is 4.98. The Morgan fingerprint density at radius 3 is 2.41 bits per heavy atom. The molecule has 9 heteroatoms. The van der Waals surface area contributed by atoms with Gasteiger partial charge in [-0.25, -0.2) is 4.98 Å². The summed E-state index contributed by atoms with van der Waals surface area (Å²) < 4.78 is 45.1. The molecule has 1 aromatic carbocycles. The molecule has 0 saturated carbocycles. The maximum Gasteiger partial charge on any atom is 0.419 e. The molecular formula is C20H19F3N4OS.